The predicted octanol–water partition coefficient (Wildman–Crippen LogP) is -1.43. The molecule has 6 nitrogen and oxygen atoms in total. The van der Waals surface area contributed by atoms with Crippen molar-refractivity contribution in [2.45, 2.75) is 0 Å². The van der Waals surface area contributed by atoms with Crippen LogP contribution in [0.2, 0.25) is 0 Å². The molecule has 0 aliphatic rings. The van der Waals surface area contributed by atoms with Crippen LogP contribution in [0.1, 0.15) is 0 Å². The zero-order chi connectivity index (χ0) is 8.72. The van der Waals surface area contributed by atoms with Gasteiger partial charge in [0.1, 0.15) is 5.38 Å². The highest BCUT2D eigenvalue weighted by molar-refractivity contribution is 7.15. The summed E-state index contributed by atoms with van der Waals surface area (Å²) in [7, 11) is 0. The summed E-state index contributed by atoms with van der Waals surface area (Å²) in [6, 6.07) is 0. The van der Waals surface area contributed by atoms with E-state index in [-0.39, 0.29) is 10.7 Å². The van der Waals surface area contributed by atoms with E-state index in [1.165, 1.54) is 5.38 Å². The van der Waals surface area contributed by atoms with Crippen LogP contribution in [0, 0.1) is 0 Å². The van der Waals surface area contributed by atoms with Gasteiger partial charge >= 0.3 is 22.0 Å². The molecule has 0 saturated heterocycles. The van der Waals surface area contributed by atoms with Gasteiger partial charge in [-0.05, 0) is 4.52 Å². The van der Waals surface area contributed by atoms with Crippen molar-refractivity contribution in [3.63, 3.8) is 0 Å². The summed E-state index contributed by atoms with van der Waals surface area (Å²) in [5, 5.41) is 12.7. The summed E-state index contributed by atoms with van der Waals surface area (Å²) in [5.41, 5.74) is -1.16. The summed E-state index contributed by atoms with van der Waals surface area (Å²) in [5.74, 6) is -0.154. The molecule has 0 saturated carbocycles. The number of nitrogens with zero attached hydrogens (tertiary/aromatic N) is 1. The van der Waals surface area contributed by atoms with E-state index in [1.54, 1.807) is 0 Å². The van der Waals surface area contributed by atoms with E-state index in [9.17, 15) is 9.59 Å². The minimum atomic E-state index is -0.647. The lowest BCUT2D eigenvalue weighted by Gasteiger charge is -1.79. The molecule has 2 heterocycles. The van der Waals surface area contributed by atoms with Gasteiger partial charge in [-0.3, -0.25) is 9.78 Å². The minimum absolute atomic E-state index is 0.154. The van der Waals surface area contributed by atoms with Gasteiger partial charge in [-0.1, -0.05) is 16.4 Å². The average Bonchev–Trinajstić information content (AvgIpc) is 2.33. The molecule has 0 bridgehead atoms. The number of aromatic nitrogens is 3. The van der Waals surface area contributed by atoms with Crippen LogP contribution >= 0.6 is 11.3 Å². The number of rotatable bonds is 0. The third-order valence-corrected chi connectivity index (χ3v) is 2.26. The van der Waals surface area contributed by atoms with E-state index in [1.807, 2.05) is 4.98 Å². The lowest BCUT2D eigenvalue weighted by atomic mass is 10.8. The van der Waals surface area contributed by atoms with Crippen LogP contribution in [0.3, 0.4) is 0 Å². The molecule has 62 valence electrons. The Kier molecular flexibility index (Phi) is 1.28. The van der Waals surface area contributed by atoms with Crippen molar-refractivity contribution in [2.75, 3.05) is 0 Å². The zero-order valence-electron chi connectivity index (χ0n) is 5.70. The monoisotopic (exact) mass is 186 g/mol. The molecular weight excluding hydrogens is 182 g/mol. The van der Waals surface area contributed by atoms with Crippen molar-refractivity contribution >= 4 is 16.2 Å². The third kappa shape index (κ3) is 0.832. The number of H-pyrrole nitrogens is 2. The second kappa shape index (κ2) is 2.18. The first kappa shape index (κ1) is 7.04. The summed E-state index contributed by atoms with van der Waals surface area (Å²) < 4.78 is 1.03. The van der Waals surface area contributed by atoms with Gasteiger partial charge in [0.2, 0.25) is 0 Å². The number of nitrogens with one attached hydrogen (secondary N) is 2. The Hall–Kier alpha value is -1.63. The Labute approximate surface area is 68.7 Å². The van der Waals surface area contributed by atoms with Crippen molar-refractivity contribution in [3.8, 4) is 5.88 Å². The number of aromatic amines is 2. The molecule has 0 fully saturated rings. The van der Waals surface area contributed by atoms with Crippen molar-refractivity contribution in [2.24, 2.45) is 0 Å². The van der Waals surface area contributed by atoms with Gasteiger partial charge in [0.05, 0.1) is 0 Å². The highest BCUT2D eigenvalue weighted by Crippen LogP contribution is 2.07. The van der Waals surface area contributed by atoms with E-state index >= 15 is 0 Å². The highest BCUT2D eigenvalue weighted by atomic mass is 32.1. The Morgan fingerprint density at radius 3 is 3.00 bits per heavy atom. The van der Waals surface area contributed by atoms with Crippen LogP contribution in [0.25, 0.3) is 4.83 Å². The standard InChI is InChI=1S/C5H3N3O3S/c9-2-1-12-4-3(10)6-5(11)7-8(2)4/h1H,(H2-,6,7,9,10,11)/p+1. The first-order chi connectivity index (χ1) is 5.68. The summed E-state index contributed by atoms with van der Waals surface area (Å²) in [4.78, 5) is 24.0. The lowest BCUT2D eigenvalue weighted by Crippen LogP contribution is -2.39. The number of fused-ring (bicyclic) bond motifs is 1. The second-order valence-corrected chi connectivity index (χ2v) is 2.99. The number of aromatic hydroxyl groups is 1. The topological polar surface area (TPSA) is 90.0 Å². The van der Waals surface area contributed by atoms with Crippen LogP contribution in [0.5, 0.6) is 5.88 Å². The molecule has 3 N–H and O–H groups in total. The van der Waals surface area contributed by atoms with Crippen LogP contribution in [0.15, 0.2) is 15.0 Å². The van der Waals surface area contributed by atoms with Crippen molar-refractivity contribution < 1.29 is 9.62 Å². The van der Waals surface area contributed by atoms with E-state index in [2.05, 4.69) is 5.10 Å². The van der Waals surface area contributed by atoms with E-state index in [0.29, 0.717) is 0 Å². The van der Waals surface area contributed by atoms with Gasteiger partial charge in [-0.2, -0.15) is 0 Å². The summed E-state index contributed by atoms with van der Waals surface area (Å²) in [6.07, 6.45) is 0. The molecule has 0 spiro atoms. The van der Waals surface area contributed by atoms with Gasteiger partial charge in [0.15, 0.2) is 0 Å². The zero-order valence-corrected chi connectivity index (χ0v) is 6.51. The van der Waals surface area contributed by atoms with Crippen LogP contribution < -0.4 is 15.8 Å². The fourth-order valence-electron chi connectivity index (χ4n) is 0.867. The Balaban J connectivity index is 3.13. The average molecular weight is 186 g/mol. The largest absolute Gasteiger partial charge is 0.457 e. The van der Waals surface area contributed by atoms with Gasteiger partial charge in [0.25, 0.3) is 0 Å². The smallest absolute Gasteiger partial charge is 0.406 e. The Bertz CT molecular complexity index is 537. The second-order valence-electron chi connectivity index (χ2n) is 2.13. The van der Waals surface area contributed by atoms with E-state index < -0.39 is 11.2 Å². The third-order valence-electron chi connectivity index (χ3n) is 1.34. The molecule has 2 aromatic heterocycles. The SMILES string of the molecule is O=c1[nH]c(=O)c2scc(O)[n+]2[nH]1. The first-order valence-corrected chi connectivity index (χ1v) is 3.91. The van der Waals surface area contributed by atoms with Gasteiger partial charge in [-0.25, -0.2) is 4.79 Å². The highest BCUT2D eigenvalue weighted by Gasteiger charge is 2.16. The Morgan fingerprint density at radius 1 is 1.50 bits per heavy atom. The molecule has 12 heavy (non-hydrogen) atoms. The molecule has 0 aromatic carbocycles. The predicted molar refractivity (Wildman–Crippen MR) is 40.4 cm³/mol. The summed E-state index contributed by atoms with van der Waals surface area (Å²) in [6.45, 7) is 0. The van der Waals surface area contributed by atoms with Gasteiger partial charge in [-0.15, -0.1) is 0 Å². The van der Waals surface area contributed by atoms with Gasteiger partial charge in [0, 0.05) is 0 Å². The molecular formula is C5H4N3O3S+. The lowest BCUT2D eigenvalue weighted by molar-refractivity contribution is -0.588. The Morgan fingerprint density at radius 2 is 2.25 bits per heavy atom. The number of hydrogen-bond acceptors (Lipinski definition) is 4. The normalized spacial score (nSPS) is 10.7. The molecule has 2 aromatic rings. The van der Waals surface area contributed by atoms with Crippen LogP contribution in [0.4, 0.5) is 0 Å². The summed E-state index contributed by atoms with van der Waals surface area (Å²) >= 11 is 1.05. The molecule has 2 rings (SSSR count). The maximum absolute atomic E-state index is 11.0. The van der Waals surface area contributed by atoms with Gasteiger partial charge < -0.3 is 5.11 Å². The molecule has 0 atom stereocenters. The fourth-order valence-corrected chi connectivity index (χ4v) is 1.59. The quantitative estimate of drug-likeness (QED) is 0.440. The van der Waals surface area contributed by atoms with Crippen molar-refractivity contribution in [1.82, 2.24) is 10.1 Å². The molecule has 0 unspecified atom stereocenters. The first-order valence-electron chi connectivity index (χ1n) is 3.03. The molecule has 0 radical (unpaired) electrons. The van der Waals surface area contributed by atoms with Crippen LogP contribution in [-0.4, -0.2) is 15.2 Å². The number of thiazole rings is 1. The van der Waals surface area contributed by atoms with E-state index in [4.69, 9.17) is 5.11 Å². The maximum atomic E-state index is 11.0. The van der Waals surface area contributed by atoms with Crippen molar-refractivity contribution in [3.05, 3.63) is 26.2 Å². The molecule has 0 aliphatic heterocycles. The fraction of sp³-hybridized carbons (Fsp3) is 0. The molecule has 7 heteroatoms. The number of hydrogen-bond donors (Lipinski definition) is 3. The molecule has 0 amide bonds. The minimum Gasteiger partial charge on any atom is -0.457 e. The van der Waals surface area contributed by atoms with E-state index in [0.717, 1.165) is 15.9 Å². The maximum Gasteiger partial charge on any atom is 0.406 e. The van der Waals surface area contributed by atoms with Crippen LogP contribution in [-0.2, 0) is 0 Å². The molecule has 0 aliphatic carbocycles. The van der Waals surface area contributed by atoms with Crippen molar-refractivity contribution in [1.29, 1.82) is 0 Å².